The van der Waals surface area contributed by atoms with Crippen molar-refractivity contribution in [1.82, 2.24) is 9.88 Å². The van der Waals surface area contributed by atoms with Crippen LogP contribution < -0.4 is 0 Å². The van der Waals surface area contributed by atoms with Crippen molar-refractivity contribution in [3.8, 4) is 0 Å². The fourth-order valence-corrected chi connectivity index (χ4v) is 2.66. The summed E-state index contributed by atoms with van der Waals surface area (Å²) in [6, 6.07) is 6.37. The van der Waals surface area contributed by atoms with Gasteiger partial charge in [-0.3, -0.25) is 4.79 Å². The van der Waals surface area contributed by atoms with Crippen molar-refractivity contribution in [3.05, 3.63) is 51.7 Å². The lowest BCUT2D eigenvalue weighted by atomic mass is 10.1. The van der Waals surface area contributed by atoms with E-state index in [1.807, 2.05) is 6.92 Å². The molecule has 1 amide bonds. The molecule has 1 aromatic heterocycles. The van der Waals surface area contributed by atoms with E-state index < -0.39 is 0 Å². The summed E-state index contributed by atoms with van der Waals surface area (Å²) in [5.41, 5.74) is 1.02. The fourth-order valence-electron chi connectivity index (χ4n) is 1.81. The molecule has 0 aliphatic heterocycles. The smallest absolute Gasteiger partial charge is 0.265 e. The highest BCUT2D eigenvalue weighted by Gasteiger charge is 2.14. The molecule has 0 fully saturated rings. The predicted octanol–water partition coefficient (Wildman–Crippen LogP) is 3.16. The van der Waals surface area contributed by atoms with E-state index >= 15 is 0 Å². The summed E-state index contributed by atoms with van der Waals surface area (Å²) < 4.78 is 12.8. The monoisotopic (exact) mass is 292 g/mol. The van der Waals surface area contributed by atoms with Gasteiger partial charge in [-0.1, -0.05) is 19.1 Å². The Morgan fingerprint density at radius 1 is 1.35 bits per heavy atom. The summed E-state index contributed by atoms with van der Waals surface area (Å²) in [7, 11) is 1.77. The second-order valence-electron chi connectivity index (χ2n) is 4.57. The van der Waals surface area contributed by atoms with Gasteiger partial charge in [0.15, 0.2) is 0 Å². The van der Waals surface area contributed by atoms with Crippen molar-refractivity contribution < 1.29 is 9.18 Å². The van der Waals surface area contributed by atoms with Crippen molar-refractivity contribution in [2.24, 2.45) is 0 Å². The third-order valence-electron chi connectivity index (χ3n) is 3.06. The molecule has 0 N–H and O–H groups in total. The highest BCUT2D eigenvalue weighted by Crippen LogP contribution is 2.15. The van der Waals surface area contributed by atoms with Gasteiger partial charge in [-0.2, -0.15) is 0 Å². The first kappa shape index (κ1) is 14.7. The van der Waals surface area contributed by atoms with Crippen LogP contribution in [0.5, 0.6) is 0 Å². The molecular formula is C15H17FN2OS. The lowest BCUT2D eigenvalue weighted by Crippen LogP contribution is -2.28. The summed E-state index contributed by atoms with van der Waals surface area (Å²) in [6.07, 6.45) is 3.19. The minimum absolute atomic E-state index is 0.00990. The summed E-state index contributed by atoms with van der Waals surface area (Å²) in [5.74, 6) is -0.251. The van der Waals surface area contributed by atoms with Crippen molar-refractivity contribution in [2.75, 3.05) is 13.6 Å². The normalized spacial score (nSPS) is 10.6. The van der Waals surface area contributed by atoms with Gasteiger partial charge in [0.1, 0.15) is 10.7 Å². The van der Waals surface area contributed by atoms with Gasteiger partial charge in [-0.05, 0) is 30.5 Å². The zero-order valence-electron chi connectivity index (χ0n) is 11.6. The molecule has 0 saturated heterocycles. The molecule has 0 aliphatic rings. The summed E-state index contributed by atoms with van der Waals surface area (Å²) in [6.45, 7) is 2.62. The molecule has 2 aromatic rings. The molecule has 1 heterocycles. The zero-order chi connectivity index (χ0) is 14.5. The summed E-state index contributed by atoms with van der Waals surface area (Å²) in [5, 5.41) is 0.972. The van der Waals surface area contributed by atoms with E-state index in [1.54, 1.807) is 30.3 Å². The average Bonchev–Trinajstić information content (AvgIpc) is 2.94. The topological polar surface area (TPSA) is 33.2 Å². The second kappa shape index (κ2) is 6.61. The molecule has 0 radical (unpaired) electrons. The number of halogens is 1. The molecular weight excluding hydrogens is 275 g/mol. The number of amides is 1. The maximum Gasteiger partial charge on any atom is 0.265 e. The third-order valence-corrected chi connectivity index (χ3v) is 4.19. The largest absolute Gasteiger partial charge is 0.341 e. The van der Waals surface area contributed by atoms with Crippen LogP contribution in [0.4, 0.5) is 4.39 Å². The molecule has 106 valence electrons. The van der Waals surface area contributed by atoms with Crippen LogP contribution in [0.1, 0.15) is 27.2 Å². The first-order valence-corrected chi connectivity index (χ1v) is 7.36. The Kier molecular flexibility index (Phi) is 4.84. The molecule has 0 saturated carbocycles. The first-order valence-electron chi connectivity index (χ1n) is 6.54. The third kappa shape index (κ3) is 3.63. The number of aromatic nitrogens is 1. The van der Waals surface area contributed by atoms with E-state index in [4.69, 9.17) is 0 Å². The van der Waals surface area contributed by atoms with Crippen LogP contribution >= 0.6 is 11.3 Å². The van der Waals surface area contributed by atoms with Crippen LogP contribution in [0, 0.1) is 5.82 Å². The van der Waals surface area contributed by atoms with Crippen molar-refractivity contribution in [1.29, 1.82) is 0 Å². The van der Waals surface area contributed by atoms with Crippen molar-refractivity contribution in [2.45, 2.75) is 19.8 Å². The quantitative estimate of drug-likeness (QED) is 0.848. The maximum absolute atomic E-state index is 12.8. The van der Waals surface area contributed by atoms with E-state index in [-0.39, 0.29) is 11.7 Å². The Labute approximate surface area is 122 Å². The molecule has 0 atom stereocenters. The van der Waals surface area contributed by atoms with E-state index in [9.17, 15) is 9.18 Å². The molecule has 2 rings (SSSR count). The van der Waals surface area contributed by atoms with Gasteiger partial charge < -0.3 is 4.90 Å². The fraction of sp³-hybridized carbons (Fsp3) is 0.333. The minimum atomic E-state index is -0.241. The van der Waals surface area contributed by atoms with Crippen LogP contribution in [0.2, 0.25) is 0 Å². The number of hydrogen-bond acceptors (Lipinski definition) is 3. The molecule has 0 unspecified atom stereocenters. The van der Waals surface area contributed by atoms with Gasteiger partial charge in [0.25, 0.3) is 5.91 Å². The molecule has 1 aromatic carbocycles. The van der Waals surface area contributed by atoms with Crippen LogP contribution in [-0.2, 0) is 12.8 Å². The van der Waals surface area contributed by atoms with Crippen LogP contribution in [0.15, 0.2) is 30.5 Å². The molecule has 5 heteroatoms. The number of thiazole rings is 1. The lowest BCUT2D eigenvalue weighted by Gasteiger charge is -2.15. The number of rotatable bonds is 5. The lowest BCUT2D eigenvalue weighted by molar-refractivity contribution is 0.0801. The summed E-state index contributed by atoms with van der Waals surface area (Å²) in [4.78, 5) is 18.7. The number of likely N-dealkylation sites (N-methyl/N-ethyl adjacent to an activating group) is 1. The van der Waals surface area contributed by atoms with E-state index in [0.29, 0.717) is 17.8 Å². The Balaban J connectivity index is 1.92. The number of aryl methyl sites for hydroxylation is 1. The highest BCUT2D eigenvalue weighted by atomic mass is 32.1. The Morgan fingerprint density at radius 2 is 2.05 bits per heavy atom. The van der Waals surface area contributed by atoms with Crippen LogP contribution in [0.25, 0.3) is 0 Å². The van der Waals surface area contributed by atoms with Gasteiger partial charge >= 0.3 is 0 Å². The number of hydrogen-bond donors (Lipinski definition) is 0. The molecule has 0 aliphatic carbocycles. The van der Waals surface area contributed by atoms with Gasteiger partial charge in [0.05, 0.1) is 11.2 Å². The van der Waals surface area contributed by atoms with Gasteiger partial charge in [0, 0.05) is 13.6 Å². The van der Waals surface area contributed by atoms with E-state index in [1.165, 1.54) is 23.5 Å². The first-order chi connectivity index (χ1) is 9.60. The number of carbonyl (C=O) groups excluding carboxylic acids is 1. The molecule has 0 spiro atoms. The van der Waals surface area contributed by atoms with Gasteiger partial charge in [-0.25, -0.2) is 9.37 Å². The second-order valence-corrected chi connectivity index (χ2v) is 5.69. The average molecular weight is 292 g/mol. The van der Waals surface area contributed by atoms with Crippen molar-refractivity contribution in [3.63, 3.8) is 0 Å². The van der Waals surface area contributed by atoms with Crippen molar-refractivity contribution >= 4 is 17.2 Å². The van der Waals surface area contributed by atoms with Crippen LogP contribution in [-0.4, -0.2) is 29.4 Å². The summed E-state index contributed by atoms with van der Waals surface area (Å²) >= 11 is 1.44. The zero-order valence-corrected chi connectivity index (χ0v) is 12.4. The standard InChI is InChI=1S/C15H17FN2OS/c1-3-14-17-10-13(20-14)15(19)18(2)9-8-11-4-6-12(16)7-5-11/h4-7,10H,3,8-9H2,1-2H3. The number of nitrogens with zero attached hydrogens (tertiary/aromatic N) is 2. The van der Waals surface area contributed by atoms with E-state index in [2.05, 4.69) is 4.98 Å². The Bertz CT molecular complexity index is 580. The number of benzene rings is 1. The Morgan fingerprint density at radius 3 is 2.65 bits per heavy atom. The van der Waals surface area contributed by atoms with Crippen LogP contribution in [0.3, 0.4) is 0 Å². The highest BCUT2D eigenvalue weighted by molar-refractivity contribution is 7.13. The van der Waals surface area contributed by atoms with Gasteiger partial charge in [0.2, 0.25) is 0 Å². The van der Waals surface area contributed by atoms with Gasteiger partial charge in [-0.15, -0.1) is 11.3 Å². The predicted molar refractivity (Wildman–Crippen MR) is 78.6 cm³/mol. The number of carbonyl (C=O) groups is 1. The van der Waals surface area contributed by atoms with E-state index in [0.717, 1.165) is 17.0 Å². The Hall–Kier alpha value is -1.75. The molecule has 20 heavy (non-hydrogen) atoms. The maximum atomic E-state index is 12.8. The minimum Gasteiger partial charge on any atom is -0.341 e. The SMILES string of the molecule is CCc1ncc(C(=O)N(C)CCc2ccc(F)cc2)s1. The molecule has 3 nitrogen and oxygen atoms in total. The molecule has 0 bridgehead atoms.